The molecular weight excluding hydrogens is 257 g/mol. The number of rotatable bonds is 4. The lowest BCUT2D eigenvalue weighted by Gasteiger charge is -2.30. The third-order valence-corrected chi connectivity index (χ3v) is 4.27. The van der Waals surface area contributed by atoms with Gasteiger partial charge in [-0.05, 0) is 49.3 Å². The van der Waals surface area contributed by atoms with Crippen molar-refractivity contribution in [3.05, 3.63) is 35.1 Å². The summed E-state index contributed by atoms with van der Waals surface area (Å²) in [6.07, 6.45) is 4.36. The third-order valence-electron chi connectivity index (χ3n) is 4.27. The summed E-state index contributed by atoms with van der Waals surface area (Å²) >= 11 is 0. The Morgan fingerprint density at radius 3 is 2.75 bits per heavy atom. The van der Waals surface area contributed by atoms with Gasteiger partial charge in [0, 0.05) is 18.7 Å². The molecule has 0 saturated heterocycles. The monoisotopic (exact) mass is 279 g/mol. The zero-order valence-corrected chi connectivity index (χ0v) is 11.9. The van der Waals surface area contributed by atoms with Gasteiger partial charge in [-0.15, -0.1) is 0 Å². The number of aliphatic hydroxyl groups excluding tert-OH is 1. The molecule has 0 radical (unpaired) electrons. The summed E-state index contributed by atoms with van der Waals surface area (Å²) in [6.45, 7) is 2.53. The number of carbonyl (C=O) groups excluding carboxylic acids is 1. The minimum Gasteiger partial charge on any atom is -0.396 e. The van der Waals surface area contributed by atoms with Crippen LogP contribution in [0.1, 0.15) is 41.6 Å². The van der Waals surface area contributed by atoms with E-state index in [1.165, 1.54) is 12.1 Å². The summed E-state index contributed by atoms with van der Waals surface area (Å²) in [5.41, 5.74) is 1.16. The molecule has 110 valence electrons. The maximum atomic E-state index is 13.2. The largest absolute Gasteiger partial charge is 0.396 e. The van der Waals surface area contributed by atoms with E-state index in [0.29, 0.717) is 18.0 Å². The van der Waals surface area contributed by atoms with Crippen molar-refractivity contribution < 1.29 is 14.3 Å². The summed E-state index contributed by atoms with van der Waals surface area (Å²) in [4.78, 5) is 12.1. The first-order chi connectivity index (χ1) is 9.61. The summed E-state index contributed by atoms with van der Waals surface area (Å²) in [6, 6.07) is 4.24. The number of halogens is 1. The highest BCUT2D eigenvalue weighted by Gasteiger charge is 2.25. The molecule has 0 bridgehead atoms. The lowest BCUT2D eigenvalue weighted by molar-refractivity contribution is 0.0908. The molecule has 0 heterocycles. The minimum atomic E-state index is -0.397. The fraction of sp³-hybridized carbons (Fsp3) is 0.562. The molecule has 2 N–H and O–H groups in total. The molecule has 0 spiro atoms. The second-order valence-corrected chi connectivity index (χ2v) is 5.66. The van der Waals surface area contributed by atoms with Crippen LogP contribution in [0.4, 0.5) is 4.39 Å². The van der Waals surface area contributed by atoms with Gasteiger partial charge in [-0.2, -0.15) is 0 Å². The molecular formula is C16H22FNO2. The molecule has 1 saturated carbocycles. The molecule has 1 aliphatic carbocycles. The highest BCUT2D eigenvalue weighted by molar-refractivity contribution is 5.95. The maximum Gasteiger partial charge on any atom is 0.251 e. The lowest BCUT2D eigenvalue weighted by atomic mass is 9.79. The van der Waals surface area contributed by atoms with Gasteiger partial charge in [0.2, 0.25) is 0 Å². The number of nitrogens with one attached hydrogen (secondary N) is 1. The van der Waals surface area contributed by atoms with Crippen LogP contribution >= 0.6 is 0 Å². The topological polar surface area (TPSA) is 49.3 Å². The zero-order chi connectivity index (χ0) is 14.5. The normalized spacial score (nSPS) is 22.6. The molecule has 1 aliphatic rings. The zero-order valence-electron chi connectivity index (χ0n) is 11.9. The standard InChI is InChI=1S/C16H22FNO2/c1-11-6-7-14(17)8-15(11)16(20)18-9-12-4-2-3-5-13(12)10-19/h6-8,12-13,19H,2-5,9-10H2,1H3,(H,18,20). The van der Waals surface area contributed by atoms with Crippen molar-refractivity contribution in [1.29, 1.82) is 0 Å². The summed E-state index contributed by atoms with van der Waals surface area (Å²) in [7, 11) is 0. The van der Waals surface area contributed by atoms with Crippen LogP contribution in [0.25, 0.3) is 0 Å². The van der Waals surface area contributed by atoms with Crippen molar-refractivity contribution in [3.63, 3.8) is 0 Å². The van der Waals surface area contributed by atoms with Gasteiger partial charge in [0.25, 0.3) is 5.91 Å². The molecule has 0 aromatic heterocycles. The molecule has 2 unspecified atom stereocenters. The van der Waals surface area contributed by atoms with Gasteiger partial charge in [-0.25, -0.2) is 4.39 Å². The van der Waals surface area contributed by atoms with Gasteiger partial charge >= 0.3 is 0 Å². The Morgan fingerprint density at radius 1 is 1.35 bits per heavy atom. The summed E-state index contributed by atoms with van der Waals surface area (Å²) in [5, 5.41) is 12.2. The number of aliphatic hydroxyl groups is 1. The van der Waals surface area contributed by atoms with Gasteiger partial charge in [0.05, 0.1) is 0 Å². The van der Waals surface area contributed by atoms with Gasteiger partial charge in [0.15, 0.2) is 0 Å². The van der Waals surface area contributed by atoms with Crippen molar-refractivity contribution in [2.45, 2.75) is 32.6 Å². The third kappa shape index (κ3) is 3.57. The summed E-state index contributed by atoms with van der Waals surface area (Å²) < 4.78 is 13.2. The molecule has 20 heavy (non-hydrogen) atoms. The quantitative estimate of drug-likeness (QED) is 0.890. The number of hydrogen-bond acceptors (Lipinski definition) is 2. The smallest absolute Gasteiger partial charge is 0.251 e. The molecule has 1 aromatic rings. The predicted molar refractivity (Wildman–Crippen MR) is 76.0 cm³/mol. The second kappa shape index (κ2) is 6.84. The van der Waals surface area contributed by atoms with E-state index in [1.807, 2.05) is 0 Å². The van der Waals surface area contributed by atoms with Crippen molar-refractivity contribution in [3.8, 4) is 0 Å². The molecule has 2 atom stereocenters. The number of aryl methyl sites for hydroxylation is 1. The average molecular weight is 279 g/mol. The fourth-order valence-corrected chi connectivity index (χ4v) is 2.95. The Bertz CT molecular complexity index is 476. The number of amides is 1. The number of carbonyl (C=O) groups is 1. The summed E-state index contributed by atoms with van der Waals surface area (Å²) in [5.74, 6) is -0.0277. The van der Waals surface area contributed by atoms with Crippen LogP contribution in [0.5, 0.6) is 0 Å². The second-order valence-electron chi connectivity index (χ2n) is 5.66. The fourth-order valence-electron chi connectivity index (χ4n) is 2.95. The first-order valence-corrected chi connectivity index (χ1v) is 7.27. The highest BCUT2D eigenvalue weighted by Crippen LogP contribution is 2.29. The Balaban J connectivity index is 1.96. The Morgan fingerprint density at radius 2 is 2.05 bits per heavy atom. The van der Waals surface area contributed by atoms with E-state index in [0.717, 1.165) is 31.2 Å². The van der Waals surface area contributed by atoms with Gasteiger partial charge in [-0.3, -0.25) is 4.79 Å². The maximum absolute atomic E-state index is 13.2. The van der Waals surface area contributed by atoms with Crippen LogP contribution < -0.4 is 5.32 Å². The first-order valence-electron chi connectivity index (χ1n) is 7.27. The van der Waals surface area contributed by atoms with Gasteiger partial charge in [0.1, 0.15) is 5.82 Å². The highest BCUT2D eigenvalue weighted by atomic mass is 19.1. The minimum absolute atomic E-state index is 0.180. The van der Waals surface area contributed by atoms with E-state index in [1.54, 1.807) is 13.0 Å². The van der Waals surface area contributed by atoms with E-state index in [2.05, 4.69) is 5.32 Å². The van der Waals surface area contributed by atoms with E-state index < -0.39 is 5.82 Å². The van der Waals surface area contributed by atoms with Crippen molar-refractivity contribution in [1.82, 2.24) is 5.32 Å². The van der Waals surface area contributed by atoms with Crippen LogP contribution in [-0.2, 0) is 0 Å². The molecule has 3 nitrogen and oxygen atoms in total. The van der Waals surface area contributed by atoms with Gasteiger partial charge in [-0.1, -0.05) is 18.9 Å². The van der Waals surface area contributed by atoms with Crippen molar-refractivity contribution in [2.24, 2.45) is 11.8 Å². The molecule has 0 aliphatic heterocycles. The SMILES string of the molecule is Cc1ccc(F)cc1C(=O)NCC1CCCCC1CO. The average Bonchev–Trinajstić information content (AvgIpc) is 2.47. The van der Waals surface area contributed by atoms with Crippen LogP contribution in [0.2, 0.25) is 0 Å². The van der Waals surface area contributed by atoms with E-state index in [9.17, 15) is 14.3 Å². The molecule has 2 rings (SSSR count). The predicted octanol–water partition coefficient (Wildman–Crippen LogP) is 2.66. The van der Waals surface area contributed by atoms with Crippen LogP contribution in [0.15, 0.2) is 18.2 Å². The molecule has 4 heteroatoms. The Kier molecular flexibility index (Phi) is 5.12. The number of hydrogen-bond donors (Lipinski definition) is 2. The molecule has 1 amide bonds. The van der Waals surface area contributed by atoms with E-state index in [4.69, 9.17) is 0 Å². The van der Waals surface area contributed by atoms with Crippen molar-refractivity contribution in [2.75, 3.05) is 13.2 Å². The van der Waals surface area contributed by atoms with E-state index >= 15 is 0 Å². The van der Waals surface area contributed by atoms with Crippen molar-refractivity contribution >= 4 is 5.91 Å². The molecule has 1 aromatic carbocycles. The lowest BCUT2D eigenvalue weighted by Crippen LogP contribution is -2.35. The van der Waals surface area contributed by atoms with Gasteiger partial charge < -0.3 is 10.4 Å². The number of benzene rings is 1. The van der Waals surface area contributed by atoms with Crippen LogP contribution in [0, 0.1) is 24.6 Å². The Labute approximate surface area is 119 Å². The van der Waals surface area contributed by atoms with Crippen LogP contribution in [-0.4, -0.2) is 24.2 Å². The van der Waals surface area contributed by atoms with E-state index in [-0.39, 0.29) is 18.4 Å². The Hall–Kier alpha value is -1.42. The first kappa shape index (κ1) is 15.0. The molecule has 1 fully saturated rings. The van der Waals surface area contributed by atoms with Crippen LogP contribution in [0.3, 0.4) is 0 Å².